The molecule has 0 aliphatic rings. The second-order valence-electron chi connectivity index (χ2n) is 14.9. The number of ether oxygens (including phenoxy) is 2. The zero-order chi connectivity index (χ0) is 40.5. The number of aliphatic hydroxyl groups is 1. The number of allylic oxidation sites excluding steroid dienone is 6. The molecule has 10 heteroatoms. The van der Waals surface area contributed by atoms with Gasteiger partial charge >= 0.3 is 19.8 Å². The summed E-state index contributed by atoms with van der Waals surface area (Å²) in [6.07, 6.45) is 45.8. The Bertz CT molecular complexity index is 1050. The van der Waals surface area contributed by atoms with Crippen molar-refractivity contribution >= 4 is 19.8 Å². The molecule has 3 N–H and O–H groups in total. The Labute approximate surface area is 336 Å². The van der Waals surface area contributed by atoms with Crippen LogP contribution in [0.4, 0.5) is 0 Å². The number of aliphatic hydroxyl groups excluding tert-OH is 1. The normalized spacial score (nSPS) is 13.5. The van der Waals surface area contributed by atoms with Crippen LogP contribution < -0.4 is 0 Å². The molecule has 0 amide bonds. The lowest BCUT2D eigenvalue weighted by Gasteiger charge is -2.18. The summed E-state index contributed by atoms with van der Waals surface area (Å²) in [4.78, 5) is 42.9. The van der Waals surface area contributed by atoms with E-state index >= 15 is 0 Å². The minimum Gasteiger partial charge on any atom is -0.462 e. The van der Waals surface area contributed by atoms with E-state index < -0.39 is 38.6 Å². The number of carbonyl (C=O) groups is 2. The third-order valence-electron chi connectivity index (χ3n) is 9.43. The average molecular weight is 797 g/mol. The molecule has 0 unspecified atom stereocenters. The number of hydrogen-bond donors (Lipinski definition) is 3. The number of hydrogen-bond acceptors (Lipinski definition) is 7. The minimum absolute atomic E-state index is 0.158. The maximum Gasteiger partial charge on any atom is 0.469 e. The first kappa shape index (κ1) is 53.0. The molecule has 0 radical (unpaired) electrons. The van der Waals surface area contributed by atoms with Gasteiger partial charge in [0.2, 0.25) is 0 Å². The summed E-state index contributed by atoms with van der Waals surface area (Å²) in [6, 6.07) is 0. The molecule has 0 saturated carbocycles. The van der Waals surface area contributed by atoms with Gasteiger partial charge in [-0.05, 0) is 44.9 Å². The van der Waals surface area contributed by atoms with Gasteiger partial charge in [0.15, 0.2) is 6.10 Å². The lowest BCUT2D eigenvalue weighted by molar-refractivity contribution is -0.161. The molecule has 0 heterocycles. The number of phosphoric acid groups is 1. The first-order chi connectivity index (χ1) is 26.7. The lowest BCUT2D eigenvalue weighted by atomic mass is 10.0. The zero-order valence-electron chi connectivity index (χ0n) is 34.9. The highest BCUT2D eigenvalue weighted by atomic mass is 31.2. The van der Waals surface area contributed by atoms with Gasteiger partial charge in [-0.25, -0.2) is 4.57 Å². The molecule has 0 aromatic carbocycles. The van der Waals surface area contributed by atoms with Crippen LogP contribution in [0.1, 0.15) is 200 Å². The molecular weight excluding hydrogens is 715 g/mol. The Balaban J connectivity index is 4.01. The Hall–Kier alpha value is -2.03. The molecule has 0 aromatic heterocycles. The molecule has 9 nitrogen and oxygen atoms in total. The molecule has 0 fully saturated rings. The second kappa shape index (κ2) is 40.2. The Morgan fingerprint density at radius 2 is 1.05 bits per heavy atom. The van der Waals surface area contributed by atoms with Crippen molar-refractivity contribution in [2.45, 2.75) is 212 Å². The Kier molecular flexibility index (Phi) is 38.7. The number of carbonyl (C=O) groups excluding carboxylic acids is 2. The third kappa shape index (κ3) is 42.9. The fourth-order valence-electron chi connectivity index (χ4n) is 6.09. The average Bonchev–Trinajstić information content (AvgIpc) is 3.15. The summed E-state index contributed by atoms with van der Waals surface area (Å²) >= 11 is 0. The van der Waals surface area contributed by atoms with Gasteiger partial charge in [0.05, 0.1) is 12.7 Å². The summed E-state index contributed by atoms with van der Waals surface area (Å²) in [5, 5.41) is 10.0. The highest BCUT2D eigenvalue weighted by molar-refractivity contribution is 7.46. The Morgan fingerprint density at radius 1 is 0.564 bits per heavy atom. The third-order valence-corrected chi connectivity index (χ3v) is 9.92. The van der Waals surface area contributed by atoms with Crippen LogP contribution in [0.25, 0.3) is 0 Å². The van der Waals surface area contributed by atoms with E-state index in [0.717, 1.165) is 32.1 Å². The van der Waals surface area contributed by atoms with E-state index in [4.69, 9.17) is 19.3 Å². The predicted molar refractivity (Wildman–Crippen MR) is 227 cm³/mol. The van der Waals surface area contributed by atoms with Crippen molar-refractivity contribution in [1.29, 1.82) is 0 Å². The van der Waals surface area contributed by atoms with Crippen LogP contribution in [0, 0.1) is 0 Å². The monoisotopic (exact) mass is 797 g/mol. The number of unbranched alkanes of at least 4 members (excludes halogenated alkanes) is 22. The van der Waals surface area contributed by atoms with E-state index in [0.29, 0.717) is 25.7 Å². The molecule has 0 aliphatic carbocycles. The SMILES string of the molecule is CCCCC/C=C\C=C/[C@@H](O)C/C=C\C/C=C/CCCC(=O)OC[C@H](COP(=O)(O)O)OC(=O)CCCCCCCCCCCCCCCCCCCCC. The van der Waals surface area contributed by atoms with Crippen LogP contribution in [0.2, 0.25) is 0 Å². The van der Waals surface area contributed by atoms with Gasteiger partial charge in [0.1, 0.15) is 6.61 Å². The van der Waals surface area contributed by atoms with E-state index in [1.807, 2.05) is 36.5 Å². The van der Waals surface area contributed by atoms with E-state index in [-0.39, 0.29) is 19.4 Å². The minimum atomic E-state index is -4.78. The highest BCUT2D eigenvalue weighted by Crippen LogP contribution is 2.36. The van der Waals surface area contributed by atoms with Gasteiger partial charge in [-0.15, -0.1) is 0 Å². The van der Waals surface area contributed by atoms with Crippen molar-refractivity contribution in [3.63, 3.8) is 0 Å². The Morgan fingerprint density at radius 3 is 1.62 bits per heavy atom. The summed E-state index contributed by atoms with van der Waals surface area (Å²) in [6.45, 7) is 3.55. The molecule has 0 aliphatic heterocycles. The van der Waals surface area contributed by atoms with Gasteiger partial charge in [-0.2, -0.15) is 0 Å². The quantitative estimate of drug-likeness (QED) is 0.0182. The van der Waals surface area contributed by atoms with E-state index in [1.165, 1.54) is 116 Å². The van der Waals surface area contributed by atoms with Crippen LogP contribution >= 0.6 is 7.82 Å². The molecule has 320 valence electrons. The summed E-state index contributed by atoms with van der Waals surface area (Å²) in [5.41, 5.74) is 0. The van der Waals surface area contributed by atoms with Crippen LogP contribution in [0.15, 0.2) is 48.6 Å². The number of phosphoric ester groups is 1. The van der Waals surface area contributed by atoms with Gasteiger partial charge < -0.3 is 24.4 Å². The first-order valence-corrected chi connectivity index (χ1v) is 23.6. The summed E-state index contributed by atoms with van der Waals surface area (Å²) in [7, 11) is -4.78. The van der Waals surface area contributed by atoms with Gasteiger partial charge in [-0.1, -0.05) is 191 Å². The van der Waals surface area contributed by atoms with Crippen LogP contribution in [0.3, 0.4) is 0 Å². The number of rotatable bonds is 40. The molecule has 55 heavy (non-hydrogen) atoms. The van der Waals surface area contributed by atoms with E-state index in [1.54, 1.807) is 6.08 Å². The van der Waals surface area contributed by atoms with Crippen LogP contribution in [-0.2, 0) is 28.2 Å². The lowest BCUT2D eigenvalue weighted by Crippen LogP contribution is -2.29. The van der Waals surface area contributed by atoms with Crippen molar-refractivity contribution in [2.24, 2.45) is 0 Å². The molecule has 0 rings (SSSR count). The van der Waals surface area contributed by atoms with Crippen molar-refractivity contribution in [1.82, 2.24) is 0 Å². The standard InChI is InChI=1S/C45H81O9P/c1-3-5-7-9-11-12-13-14-15-16-17-18-19-20-21-22-26-31-35-39-45(48)54-43(41-53-55(49,50)51)40-52-44(47)38-34-30-27-23-25-29-33-37-42(46)36-32-28-24-10-8-6-4-2/h23-24,27-29,32-33,36,42-43,46H,3-22,25-26,30-31,34-35,37-41H2,1-2H3,(H2,49,50,51)/b27-23+,28-24-,33-29-,36-32-/t42-,43-/m1/s1. The molecule has 0 aromatic rings. The maximum atomic E-state index is 12.4. The van der Waals surface area contributed by atoms with Gasteiger partial charge in [0, 0.05) is 12.8 Å². The van der Waals surface area contributed by atoms with E-state index in [9.17, 15) is 19.3 Å². The smallest absolute Gasteiger partial charge is 0.462 e. The van der Waals surface area contributed by atoms with Crippen molar-refractivity contribution in [3.05, 3.63) is 48.6 Å². The predicted octanol–water partition coefficient (Wildman–Crippen LogP) is 12.5. The zero-order valence-corrected chi connectivity index (χ0v) is 35.8. The molecule has 0 bridgehead atoms. The van der Waals surface area contributed by atoms with Crippen molar-refractivity contribution < 1.29 is 43.0 Å². The fraction of sp³-hybridized carbons (Fsp3) is 0.778. The second-order valence-corrected chi connectivity index (χ2v) is 16.1. The van der Waals surface area contributed by atoms with Gasteiger partial charge in [0.25, 0.3) is 0 Å². The van der Waals surface area contributed by atoms with Crippen molar-refractivity contribution in [3.8, 4) is 0 Å². The summed E-state index contributed by atoms with van der Waals surface area (Å²) < 4.78 is 26.3. The molecule has 2 atom stereocenters. The molecule has 0 saturated heterocycles. The number of esters is 2. The molecular formula is C45H81O9P. The van der Waals surface area contributed by atoms with E-state index in [2.05, 4.69) is 24.4 Å². The highest BCUT2D eigenvalue weighted by Gasteiger charge is 2.22. The summed E-state index contributed by atoms with van der Waals surface area (Å²) in [5.74, 6) is -0.986. The largest absolute Gasteiger partial charge is 0.469 e. The van der Waals surface area contributed by atoms with Crippen LogP contribution in [-0.4, -0.2) is 52.3 Å². The fourth-order valence-corrected chi connectivity index (χ4v) is 6.45. The van der Waals surface area contributed by atoms with Crippen molar-refractivity contribution in [2.75, 3.05) is 13.2 Å². The first-order valence-electron chi connectivity index (χ1n) is 22.0. The topological polar surface area (TPSA) is 140 Å². The maximum absolute atomic E-state index is 12.4. The molecule has 0 spiro atoms. The van der Waals surface area contributed by atoms with Crippen LogP contribution in [0.5, 0.6) is 0 Å². The van der Waals surface area contributed by atoms with Gasteiger partial charge in [-0.3, -0.25) is 14.1 Å².